The predicted molar refractivity (Wildman–Crippen MR) is 93.0 cm³/mol. The van der Waals surface area contributed by atoms with Gasteiger partial charge in [-0.15, -0.1) is 0 Å². The Balaban J connectivity index is 1.78. The van der Waals surface area contributed by atoms with Crippen LogP contribution in [0.5, 0.6) is 0 Å². The Bertz CT molecular complexity index is 706. The molecule has 2 aromatic rings. The topological polar surface area (TPSA) is 36.3 Å². The zero-order valence-corrected chi connectivity index (χ0v) is 14.9. The number of aromatic nitrogens is 2. The summed E-state index contributed by atoms with van der Waals surface area (Å²) in [5, 5.41) is 4.66. The van der Waals surface area contributed by atoms with Gasteiger partial charge in [-0.1, -0.05) is 23.8 Å². The van der Waals surface area contributed by atoms with E-state index in [1.54, 1.807) is 0 Å². The Kier molecular flexibility index (Phi) is 3.89. The highest BCUT2D eigenvalue weighted by atomic mass is 16.7. The first-order chi connectivity index (χ1) is 10.7. The predicted octanol–water partition coefficient (Wildman–Crippen LogP) is 2.85. The standard InChI is InChI=1S/C18H25BN2O2/c1-13-7-8-14(2)15(11-13)12-21-10-9-16(20-21)19-22-17(3,4)18(5,6)23-19/h7-11H,12H2,1-6H3. The van der Waals surface area contributed by atoms with Crippen molar-refractivity contribution in [2.45, 2.75) is 59.3 Å². The Morgan fingerprint density at radius 3 is 2.35 bits per heavy atom. The van der Waals surface area contributed by atoms with Crippen LogP contribution < -0.4 is 5.59 Å². The van der Waals surface area contributed by atoms with Crippen molar-refractivity contribution in [3.05, 3.63) is 47.2 Å². The summed E-state index contributed by atoms with van der Waals surface area (Å²) in [6.07, 6.45) is 1.99. The largest absolute Gasteiger partial charge is 0.516 e. The lowest BCUT2D eigenvalue weighted by molar-refractivity contribution is 0.00578. The summed E-state index contributed by atoms with van der Waals surface area (Å²) in [4.78, 5) is 0. The second kappa shape index (κ2) is 5.50. The molecular weight excluding hydrogens is 287 g/mol. The van der Waals surface area contributed by atoms with Crippen LogP contribution in [0, 0.1) is 13.8 Å². The molecule has 0 spiro atoms. The van der Waals surface area contributed by atoms with Gasteiger partial charge in [-0.3, -0.25) is 4.68 Å². The number of hydrogen-bond acceptors (Lipinski definition) is 3. The second-order valence-electron chi connectivity index (χ2n) is 7.46. The molecule has 0 radical (unpaired) electrons. The molecule has 2 heterocycles. The molecule has 5 heteroatoms. The van der Waals surface area contributed by atoms with Gasteiger partial charge in [-0.2, -0.15) is 5.10 Å². The minimum atomic E-state index is -0.403. The van der Waals surface area contributed by atoms with Gasteiger partial charge in [0, 0.05) is 6.20 Å². The third-order valence-corrected chi connectivity index (χ3v) is 4.99. The summed E-state index contributed by atoms with van der Waals surface area (Å²) < 4.78 is 14.1. The van der Waals surface area contributed by atoms with Gasteiger partial charge < -0.3 is 9.31 Å². The van der Waals surface area contributed by atoms with Crippen LogP contribution in [-0.2, 0) is 15.9 Å². The van der Waals surface area contributed by atoms with E-state index in [2.05, 4.69) is 64.8 Å². The van der Waals surface area contributed by atoms with Crippen molar-refractivity contribution in [1.82, 2.24) is 9.78 Å². The summed E-state index contributed by atoms with van der Waals surface area (Å²) in [6, 6.07) is 8.49. The van der Waals surface area contributed by atoms with Crippen molar-refractivity contribution < 1.29 is 9.31 Å². The van der Waals surface area contributed by atoms with Gasteiger partial charge in [0.2, 0.25) is 0 Å². The summed E-state index contributed by atoms with van der Waals surface area (Å²) in [5.74, 6) is 0. The van der Waals surface area contributed by atoms with Gasteiger partial charge in [-0.05, 0) is 58.7 Å². The minimum Gasteiger partial charge on any atom is -0.398 e. The van der Waals surface area contributed by atoms with E-state index in [-0.39, 0.29) is 11.2 Å². The molecule has 122 valence electrons. The summed E-state index contributed by atoms with van der Waals surface area (Å²) in [6.45, 7) is 13.2. The number of rotatable bonds is 3. The lowest BCUT2D eigenvalue weighted by Crippen LogP contribution is -2.41. The van der Waals surface area contributed by atoms with Crippen LogP contribution in [-0.4, -0.2) is 28.1 Å². The molecule has 1 fully saturated rings. The van der Waals surface area contributed by atoms with Crippen molar-refractivity contribution in [2.24, 2.45) is 0 Å². The molecule has 0 N–H and O–H groups in total. The van der Waals surface area contributed by atoms with Gasteiger partial charge >= 0.3 is 7.12 Å². The third kappa shape index (κ3) is 3.08. The lowest BCUT2D eigenvalue weighted by Gasteiger charge is -2.32. The van der Waals surface area contributed by atoms with Gasteiger partial charge in [0.1, 0.15) is 0 Å². The number of hydrogen-bond donors (Lipinski definition) is 0. The molecule has 1 aromatic heterocycles. The van der Waals surface area contributed by atoms with Crippen LogP contribution in [0.15, 0.2) is 30.5 Å². The van der Waals surface area contributed by atoms with Gasteiger partial charge in [-0.25, -0.2) is 0 Å². The first-order valence-electron chi connectivity index (χ1n) is 8.13. The van der Waals surface area contributed by atoms with Crippen LogP contribution in [0.2, 0.25) is 0 Å². The highest BCUT2D eigenvalue weighted by molar-refractivity contribution is 6.61. The van der Waals surface area contributed by atoms with Crippen LogP contribution in [0.3, 0.4) is 0 Å². The molecule has 1 aromatic carbocycles. The Morgan fingerprint density at radius 2 is 1.70 bits per heavy atom. The number of aryl methyl sites for hydroxylation is 2. The zero-order valence-electron chi connectivity index (χ0n) is 14.9. The quantitative estimate of drug-likeness (QED) is 0.818. The maximum atomic E-state index is 6.06. The molecule has 0 saturated carbocycles. The third-order valence-electron chi connectivity index (χ3n) is 4.99. The zero-order chi connectivity index (χ0) is 16.8. The van der Waals surface area contributed by atoms with Crippen molar-refractivity contribution in [1.29, 1.82) is 0 Å². The van der Waals surface area contributed by atoms with Crippen molar-refractivity contribution in [2.75, 3.05) is 0 Å². The van der Waals surface area contributed by atoms with E-state index in [0.29, 0.717) is 0 Å². The molecule has 1 aliphatic rings. The monoisotopic (exact) mass is 312 g/mol. The Hall–Kier alpha value is -1.59. The molecule has 0 aliphatic carbocycles. The molecule has 0 bridgehead atoms. The Morgan fingerprint density at radius 1 is 1.04 bits per heavy atom. The van der Waals surface area contributed by atoms with Crippen LogP contribution >= 0.6 is 0 Å². The first-order valence-corrected chi connectivity index (χ1v) is 8.13. The maximum Gasteiger partial charge on any atom is 0.516 e. The number of benzene rings is 1. The molecule has 4 nitrogen and oxygen atoms in total. The molecule has 0 atom stereocenters. The lowest BCUT2D eigenvalue weighted by atomic mass is 9.85. The Labute approximate surface area is 138 Å². The van der Waals surface area contributed by atoms with Crippen molar-refractivity contribution in [3.63, 3.8) is 0 Å². The van der Waals surface area contributed by atoms with E-state index in [1.165, 1.54) is 16.7 Å². The molecule has 23 heavy (non-hydrogen) atoms. The highest BCUT2D eigenvalue weighted by Crippen LogP contribution is 2.36. The first kappa shape index (κ1) is 16.3. The normalized spacial score (nSPS) is 19.3. The fourth-order valence-corrected chi connectivity index (χ4v) is 2.70. The van der Waals surface area contributed by atoms with Gasteiger partial charge in [0.15, 0.2) is 0 Å². The van der Waals surface area contributed by atoms with Gasteiger partial charge in [0.05, 0.1) is 23.3 Å². The molecule has 0 unspecified atom stereocenters. The van der Waals surface area contributed by atoms with Crippen molar-refractivity contribution >= 4 is 12.7 Å². The molecule has 1 saturated heterocycles. The molecule has 0 amide bonds. The average Bonchev–Trinajstić information content (AvgIpc) is 2.97. The van der Waals surface area contributed by atoms with Crippen LogP contribution in [0.4, 0.5) is 0 Å². The fourth-order valence-electron chi connectivity index (χ4n) is 2.70. The fraction of sp³-hybridized carbons (Fsp3) is 0.500. The maximum absolute atomic E-state index is 6.06. The minimum absolute atomic E-state index is 0.339. The van der Waals surface area contributed by atoms with E-state index in [1.807, 2.05) is 16.9 Å². The van der Waals surface area contributed by atoms with E-state index >= 15 is 0 Å². The molecule has 1 aliphatic heterocycles. The summed E-state index contributed by atoms with van der Waals surface area (Å²) >= 11 is 0. The van der Waals surface area contributed by atoms with Crippen LogP contribution in [0.25, 0.3) is 0 Å². The summed E-state index contributed by atoms with van der Waals surface area (Å²) in [7, 11) is -0.403. The summed E-state index contributed by atoms with van der Waals surface area (Å²) in [5.41, 5.74) is 3.98. The second-order valence-corrected chi connectivity index (χ2v) is 7.46. The average molecular weight is 312 g/mol. The van der Waals surface area contributed by atoms with E-state index in [4.69, 9.17) is 9.31 Å². The van der Waals surface area contributed by atoms with E-state index < -0.39 is 7.12 Å². The van der Waals surface area contributed by atoms with Crippen LogP contribution in [0.1, 0.15) is 44.4 Å². The van der Waals surface area contributed by atoms with Crippen molar-refractivity contribution in [3.8, 4) is 0 Å². The highest BCUT2D eigenvalue weighted by Gasteiger charge is 2.52. The molecular formula is C18H25BN2O2. The number of nitrogens with zero attached hydrogens (tertiary/aromatic N) is 2. The SMILES string of the molecule is Cc1ccc(C)c(Cn2ccc(B3OC(C)(C)C(C)(C)O3)n2)c1. The van der Waals surface area contributed by atoms with Gasteiger partial charge in [0.25, 0.3) is 0 Å². The van der Waals surface area contributed by atoms with E-state index in [9.17, 15) is 0 Å². The smallest absolute Gasteiger partial charge is 0.398 e. The van der Waals surface area contributed by atoms with E-state index in [0.717, 1.165) is 12.1 Å². The molecule has 3 rings (SSSR count).